The van der Waals surface area contributed by atoms with Crippen molar-refractivity contribution in [3.05, 3.63) is 76.7 Å². The molecule has 1 aliphatic heterocycles. The highest BCUT2D eigenvalue weighted by Crippen LogP contribution is 2.38. The molecule has 1 heterocycles. The van der Waals surface area contributed by atoms with Gasteiger partial charge in [0.25, 0.3) is 0 Å². The normalized spacial score (nSPS) is 16.8. The lowest BCUT2D eigenvalue weighted by molar-refractivity contribution is -0.143. The van der Waals surface area contributed by atoms with E-state index < -0.39 is 17.7 Å². The summed E-state index contributed by atoms with van der Waals surface area (Å²) in [5, 5.41) is 0. The fraction of sp³-hybridized carbons (Fsp3) is 0.333. The Labute approximate surface area is 176 Å². The van der Waals surface area contributed by atoms with Gasteiger partial charge in [0.05, 0.1) is 25.3 Å². The minimum absolute atomic E-state index is 0.00302. The summed E-state index contributed by atoms with van der Waals surface area (Å²) in [6.07, 6.45) is -0.330. The number of esters is 1. The first kappa shape index (κ1) is 21.6. The Bertz CT molecular complexity index is 965. The van der Waals surface area contributed by atoms with Crippen LogP contribution in [0.15, 0.2) is 59.8 Å². The number of allylic oxidation sites excluding steroid dienone is 1. The molecule has 2 aromatic rings. The third kappa shape index (κ3) is 4.53. The van der Waals surface area contributed by atoms with E-state index in [0.29, 0.717) is 23.4 Å². The van der Waals surface area contributed by atoms with Crippen molar-refractivity contribution in [1.82, 2.24) is 4.90 Å². The first-order valence-corrected chi connectivity index (χ1v) is 9.91. The summed E-state index contributed by atoms with van der Waals surface area (Å²) in [5.41, 5.74) is 2.03. The van der Waals surface area contributed by atoms with Crippen LogP contribution in [-0.4, -0.2) is 30.0 Å². The quantitative estimate of drug-likeness (QED) is 0.653. The zero-order chi connectivity index (χ0) is 21.8. The van der Waals surface area contributed by atoms with Gasteiger partial charge in [-0.3, -0.25) is 4.79 Å². The molecule has 0 spiro atoms. The third-order valence-corrected chi connectivity index (χ3v) is 5.17. The van der Waals surface area contributed by atoms with Gasteiger partial charge in [0.1, 0.15) is 11.6 Å². The fourth-order valence-corrected chi connectivity index (χ4v) is 3.68. The van der Waals surface area contributed by atoms with Crippen LogP contribution in [0, 0.1) is 5.82 Å². The Kier molecular flexibility index (Phi) is 6.55. The number of hydrogen-bond donors (Lipinski definition) is 0. The molecule has 1 atom stereocenters. The van der Waals surface area contributed by atoms with Crippen molar-refractivity contribution < 1.29 is 23.5 Å². The maximum Gasteiger partial charge on any atom is 0.336 e. The first-order valence-electron chi connectivity index (χ1n) is 9.91. The van der Waals surface area contributed by atoms with Crippen molar-refractivity contribution in [3.8, 4) is 5.75 Å². The second-order valence-electron chi connectivity index (χ2n) is 7.56. The largest absolute Gasteiger partial charge is 0.497 e. The predicted molar refractivity (Wildman–Crippen MR) is 111 cm³/mol. The summed E-state index contributed by atoms with van der Waals surface area (Å²) in [4.78, 5) is 27.5. The number of nitrogens with zero attached hydrogens (tertiary/aromatic N) is 1. The minimum Gasteiger partial charge on any atom is -0.497 e. The van der Waals surface area contributed by atoms with Crippen molar-refractivity contribution in [1.29, 1.82) is 0 Å². The zero-order valence-electron chi connectivity index (χ0n) is 17.6. The summed E-state index contributed by atoms with van der Waals surface area (Å²) in [7, 11) is 1.59. The smallest absolute Gasteiger partial charge is 0.336 e. The molecule has 0 radical (unpaired) electrons. The summed E-state index contributed by atoms with van der Waals surface area (Å²) in [6.45, 7) is 5.53. The second-order valence-corrected chi connectivity index (χ2v) is 7.56. The highest BCUT2D eigenvalue weighted by Gasteiger charge is 2.38. The van der Waals surface area contributed by atoms with Crippen LogP contribution in [-0.2, 0) is 20.9 Å². The van der Waals surface area contributed by atoms with Crippen LogP contribution in [0.25, 0.3) is 0 Å². The van der Waals surface area contributed by atoms with Gasteiger partial charge < -0.3 is 14.4 Å². The molecule has 158 valence electrons. The maximum atomic E-state index is 14.5. The molecule has 0 saturated heterocycles. The van der Waals surface area contributed by atoms with E-state index in [1.165, 1.54) is 6.07 Å². The Morgan fingerprint density at radius 1 is 1.17 bits per heavy atom. The van der Waals surface area contributed by atoms with Crippen molar-refractivity contribution in [3.63, 3.8) is 0 Å². The second kappa shape index (κ2) is 9.11. The topological polar surface area (TPSA) is 55.8 Å². The molecule has 0 aromatic heterocycles. The van der Waals surface area contributed by atoms with Crippen molar-refractivity contribution in [2.45, 2.75) is 45.8 Å². The SMILES string of the molecule is COc1ccc(CN2C(=O)C[C@@H](c3ccccc3F)C(C(=O)OC(C)C)=C2C)cc1. The lowest BCUT2D eigenvalue weighted by Crippen LogP contribution is -2.38. The molecule has 0 unspecified atom stereocenters. The van der Waals surface area contributed by atoms with Crippen LogP contribution in [0.4, 0.5) is 4.39 Å². The number of rotatable bonds is 6. The number of ether oxygens (including phenoxy) is 2. The van der Waals surface area contributed by atoms with E-state index in [9.17, 15) is 14.0 Å². The number of halogens is 1. The van der Waals surface area contributed by atoms with Gasteiger partial charge in [-0.1, -0.05) is 30.3 Å². The molecule has 0 fully saturated rings. The number of methoxy groups -OCH3 is 1. The molecule has 0 bridgehead atoms. The molecule has 0 N–H and O–H groups in total. The molecule has 1 aliphatic rings. The Morgan fingerprint density at radius 3 is 2.43 bits per heavy atom. The molecule has 5 nitrogen and oxygen atoms in total. The average Bonchev–Trinajstić information content (AvgIpc) is 2.71. The van der Waals surface area contributed by atoms with Gasteiger partial charge in [-0.15, -0.1) is 0 Å². The maximum absolute atomic E-state index is 14.5. The van der Waals surface area contributed by atoms with Gasteiger partial charge in [0.15, 0.2) is 0 Å². The van der Waals surface area contributed by atoms with Crippen LogP contribution in [0.2, 0.25) is 0 Å². The Hall–Kier alpha value is -3.15. The first-order chi connectivity index (χ1) is 14.3. The van der Waals surface area contributed by atoms with Crippen molar-refractivity contribution >= 4 is 11.9 Å². The van der Waals surface area contributed by atoms with Gasteiger partial charge in [0, 0.05) is 18.0 Å². The Balaban J connectivity index is 2.02. The lowest BCUT2D eigenvalue weighted by Gasteiger charge is -2.35. The van der Waals surface area contributed by atoms with E-state index in [1.54, 1.807) is 51.0 Å². The molecular formula is C24H26FNO4. The summed E-state index contributed by atoms with van der Waals surface area (Å²) in [6, 6.07) is 13.6. The minimum atomic E-state index is -0.683. The number of carbonyl (C=O) groups is 2. The van der Waals surface area contributed by atoms with E-state index in [4.69, 9.17) is 9.47 Å². The fourth-order valence-electron chi connectivity index (χ4n) is 3.68. The van der Waals surface area contributed by atoms with Gasteiger partial charge >= 0.3 is 5.97 Å². The number of hydrogen-bond acceptors (Lipinski definition) is 4. The van der Waals surface area contributed by atoms with Crippen LogP contribution in [0.1, 0.15) is 44.2 Å². The van der Waals surface area contributed by atoms with Gasteiger partial charge in [-0.2, -0.15) is 0 Å². The predicted octanol–water partition coefficient (Wildman–Crippen LogP) is 4.58. The summed E-state index contributed by atoms with van der Waals surface area (Å²) < 4.78 is 25.1. The van der Waals surface area contributed by atoms with Crippen LogP contribution in [0.3, 0.4) is 0 Å². The highest BCUT2D eigenvalue weighted by molar-refractivity contribution is 5.96. The van der Waals surface area contributed by atoms with E-state index >= 15 is 0 Å². The van der Waals surface area contributed by atoms with E-state index in [2.05, 4.69) is 0 Å². The molecule has 0 saturated carbocycles. The third-order valence-electron chi connectivity index (χ3n) is 5.17. The number of amides is 1. The zero-order valence-corrected chi connectivity index (χ0v) is 17.6. The molecule has 6 heteroatoms. The Morgan fingerprint density at radius 2 is 1.83 bits per heavy atom. The highest BCUT2D eigenvalue weighted by atomic mass is 19.1. The van der Waals surface area contributed by atoms with E-state index in [0.717, 1.165) is 11.3 Å². The molecule has 0 aliphatic carbocycles. The molecule has 1 amide bonds. The van der Waals surface area contributed by atoms with Gasteiger partial charge in [-0.05, 0) is 50.1 Å². The summed E-state index contributed by atoms with van der Waals surface area (Å²) in [5.74, 6) is -1.10. The monoisotopic (exact) mass is 411 g/mol. The summed E-state index contributed by atoms with van der Waals surface area (Å²) >= 11 is 0. The number of carbonyl (C=O) groups excluding carboxylic acids is 2. The lowest BCUT2D eigenvalue weighted by atomic mass is 9.83. The molecule has 30 heavy (non-hydrogen) atoms. The van der Waals surface area contributed by atoms with Crippen LogP contribution < -0.4 is 4.74 Å². The number of benzene rings is 2. The van der Waals surface area contributed by atoms with Crippen LogP contribution >= 0.6 is 0 Å². The average molecular weight is 411 g/mol. The molecular weight excluding hydrogens is 385 g/mol. The van der Waals surface area contributed by atoms with Gasteiger partial charge in [0.2, 0.25) is 5.91 Å². The van der Waals surface area contributed by atoms with E-state index in [1.807, 2.05) is 24.3 Å². The van der Waals surface area contributed by atoms with Crippen LogP contribution in [0.5, 0.6) is 5.75 Å². The van der Waals surface area contributed by atoms with E-state index in [-0.39, 0.29) is 18.4 Å². The standard InChI is InChI=1S/C24H26FNO4/c1-15(2)30-24(28)23-16(3)26(14-17-9-11-18(29-4)12-10-17)22(27)13-20(23)19-7-5-6-8-21(19)25/h5-12,15,20H,13-14H2,1-4H3/t20-/m0/s1. The van der Waals surface area contributed by atoms with Gasteiger partial charge in [-0.25, -0.2) is 9.18 Å². The molecule has 2 aromatic carbocycles. The van der Waals surface area contributed by atoms with Crippen molar-refractivity contribution in [2.24, 2.45) is 0 Å². The molecule has 3 rings (SSSR count). The van der Waals surface area contributed by atoms with Crippen molar-refractivity contribution in [2.75, 3.05) is 7.11 Å².